The second kappa shape index (κ2) is 4.91. The summed E-state index contributed by atoms with van der Waals surface area (Å²) in [5.74, 6) is 8.48. The van der Waals surface area contributed by atoms with Crippen molar-refractivity contribution in [3.8, 4) is 11.8 Å². The fraction of sp³-hybridized carbons (Fsp3) is 0.786. The summed E-state index contributed by atoms with van der Waals surface area (Å²) in [6.07, 6.45) is 4.44. The van der Waals surface area contributed by atoms with Gasteiger partial charge in [-0.25, -0.2) is 0 Å². The van der Waals surface area contributed by atoms with E-state index in [0.29, 0.717) is 12.5 Å². The second-order valence-corrected chi connectivity index (χ2v) is 5.21. The quantitative estimate of drug-likeness (QED) is 0.540. The third-order valence-electron chi connectivity index (χ3n) is 3.73. The summed E-state index contributed by atoms with van der Waals surface area (Å²) in [6.45, 7) is 4.39. The van der Waals surface area contributed by atoms with Crippen LogP contribution in [0.25, 0.3) is 0 Å². The summed E-state index contributed by atoms with van der Waals surface area (Å²) in [4.78, 5) is 11.4. The van der Waals surface area contributed by atoms with Crippen LogP contribution >= 0.6 is 0 Å². The zero-order chi connectivity index (χ0) is 11.5. The Morgan fingerprint density at radius 2 is 1.81 bits per heavy atom. The molecule has 0 heterocycles. The van der Waals surface area contributed by atoms with Crippen LogP contribution in [0.5, 0.6) is 0 Å². The first-order valence-corrected chi connectivity index (χ1v) is 6.32. The molecule has 2 rings (SSSR count). The highest BCUT2D eigenvalue weighted by Gasteiger charge is 2.49. The average Bonchev–Trinajstić information content (AvgIpc) is 2.84. The summed E-state index contributed by atoms with van der Waals surface area (Å²) >= 11 is 0. The van der Waals surface area contributed by atoms with E-state index in [2.05, 4.69) is 11.8 Å². The highest BCUT2D eigenvalue weighted by molar-refractivity contribution is 5.71. The molecule has 2 nitrogen and oxygen atoms in total. The largest absolute Gasteiger partial charge is 0.465 e. The van der Waals surface area contributed by atoms with Gasteiger partial charge in [-0.2, -0.15) is 0 Å². The Bertz CT molecular complexity index is 303. The van der Waals surface area contributed by atoms with Crippen LogP contribution < -0.4 is 0 Å². The molecule has 88 valence electrons. The first kappa shape index (κ1) is 11.5. The summed E-state index contributed by atoms with van der Waals surface area (Å²) in [6, 6.07) is 0. The normalized spacial score (nSPS) is 31.8. The van der Waals surface area contributed by atoms with Gasteiger partial charge in [0, 0.05) is 12.8 Å². The highest BCUT2D eigenvalue weighted by atomic mass is 16.5. The van der Waals surface area contributed by atoms with E-state index >= 15 is 0 Å². The maximum Gasteiger partial charge on any atom is 0.308 e. The molecule has 1 saturated carbocycles. The van der Waals surface area contributed by atoms with Crippen LogP contribution in [0.2, 0.25) is 0 Å². The van der Waals surface area contributed by atoms with Gasteiger partial charge in [-0.3, -0.25) is 4.79 Å². The minimum Gasteiger partial charge on any atom is -0.465 e. The average molecular weight is 220 g/mol. The Balaban J connectivity index is 1.75. The molecule has 0 spiro atoms. The lowest BCUT2D eigenvalue weighted by Gasteiger charge is -2.06. The summed E-state index contributed by atoms with van der Waals surface area (Å²) in [5.41, 5.74) is 0. The molecule has 0 N–H and O–H groups in total. The lowest BCUT2D eigenvalue weighted by molar-refractivity contribution is -0.148. The van der Waals surface area contributed by atoms with Crippen molar-refractivity contribution in [3.05, 3.63) is 0 Å². The van der Waals surface area contributed by atoms with Gasteiger partial charge in [-0.1, -0.05) is 13.8 Å². The number of hydrogen-bond acceptors (Lipinski definition) is 2. The fourth-order valence-corrected chi connectivity index (χ4v) is 2.63. The van der Waals surface area contributed by atoms with Gasteiger partial charge in [0.05, 0.1) is 12.5 Å². The smallest absolute Gasteiger partial charge is 0.308 e. The molecule has 0 aliphatic heterocycles. The number of carbonyl (C=O) groups excluding carboxylic acids is 1. The molecule has 1 fully saturated rings. The van der Waals surface area contributed by atoms with E-state index in [9.17, 15) is 4.79 Å². The molecule has 0 aromatic rings. The number of hydrogen-bond donors (Lipinski definition) is 0. The zero-order valence-electron chi connectivity index (χ0n) is 10.2. The number of esters is 1. The van der Waals surface area contributed by atoms with Crippen molar-refractivity contribution in [2.75, 3.05) is 6.61 Å². The molecule has 0 unspecified atom stereocenters. The molecule has 16 heavy (non-hydrogen) atoms. The van der Waals surface area contributed by atoms with E-state index in [4.69, 9.17) is 4.74 Å². The van der Waals surface area contributed by atoms with E-state index in [0.717, 1.165) is 24.7 Å². The predicted molar refractivity (Wildman–Crippen MR) is 62.5 cm³/mol. The highest BCUT2D eigenvalue weighted by Crippen LogP contribution is 2.52. The van der Waals surface area contributed by atoms with Crippen molar-refractivity contribution in [1.82, 2.24) is 0 Å². The van der Waals surface area contributed by atoms with Crippen LogP contribution in [-0.4, -0.2) is 12.6 Å². The summed E-state index contributed by atoms with van der Waals surface area (Å²) < 4.78 is 5.32. The van der Waals surface area contributed by atoms with Crippen LogP contribution in [-0.2, 0) is 9.53 Å². The van der Waals surface area contributed by atoms with Crippen LogP contribution in [0.3, 0.4) is 0 Å². The predicted octanol–water partition coefficient (Wildman–Crippen LogP) is 2.63. The van der Waals surface area contributed by atoms with E-state index < -0.39 is 0 Å². The lowest BCUT2D eigenvalue weighted by atomic mass is 10.1. The minimum absolute atomic E-state index is 0.00494. The van der Waals surface area contributed by atoms with E-state index in [1.54, 1.807) is 0 Å². The molecule has 2 heteroatoms. The summed E-state index contributed by atoms with van der Waals surface area (Å²) in [5, 5.41) is 0. The monoisotopic (exact) mass is 220 g/mol. The van der Waals surface area contributed by atoms with Gasteiger partial charge in [0.2, 0.25) is 0 Å². The first-order valence-electron chi connectivity index (χ1n) is 6.32. The number of carbonyl (C=O) groups is 1. The molecular weight excluding hydrogens is 200 g/mol. The molecular formula is C14H20O2. The molecule has 2 aliphatic rings. The van der Waals surface area contributed by atoms with Gasteiger partial charge in [-0.05, 0) is 30.6 Å². The van der Waals surface area contributed by atoms with Gasteiger partial charge in [0.1, 0.15) is 0 Å². The first-order chi connectivity index (χ1) is 7.70. The Kier molecular flexibility index (Phi) is 3.53. The Hall–Kier alpha value is -0.970. The Labute approximate surface area is 97.7 Å². The van der Waals surface area contributed by atoms with Gasteiger partial charge in [0.15, 0.2) is 0 Å². The van der Waals surface area contributed by atoms with Gasteiger partial charge in [-0.15, -0.1) is 11.8 Å². The van der Waals surface area contributed by atoms with E-state index in [1.807, 2.05) is 13.8 Å². The molecule has 0 saturated heterocycles. The topological polar surface area (TPSA) is 26.3 Å². The maximum atomic E-state index is 11.4. The van der Waals surface area contributed by atoms with Crippen molar-refractivity contribution in [1.29, 1.82) is 0 Å². The van der Waals surface area contributed by atoms with Crippen LogP contribution in [0, 0.1) is 35.5 Å². The zero-order valence-corrected chi connectivity index (χ0v) is 10.2. The third-order valence-corrected chi connectivity index (χ3v) is 3.73. The van der Waals surface area contributed by atoms with Crippen molar-refractivity contribution in [2.45, 2.75) is 39.5 Å². The van der Waals surface area contributed by atoms with Crippen LogP contribution in [0.15, 0.2) is 0 Å². The minimum atomic E-state index is -0.0597. The van der Waals surface area contributed by atoms with Gasteiger partial charge in [0.25, 0.3) is 0 Å². The lowest BCUT2D eigenvalue weighted by Crippen LogP contribution is -2.14. The summed E-state index contributed by atoms with van der Waals surface area (Å²) in [7, 11) is 0. The van der Waals surface area contributed by atoms with Crippen molar-refractivity contribution >= 4 is 5.97 Å². The van der Waals surface area contributed by atoms with E-state index in [-0.39, 0.29) is 11.9 Å². The van der Waals surface area contributed by atoms with Gasteiger partial charge < -0.3 is 4.74 Å². The SMILES string of the molecule is CC(C)C(=O)OC[C@@H]1[C@@H]2CCC#CCC[C@@H]21. The van der Waals surface area contributed by atoms with Crippen LogP contribution in [0.4, 0.5) is 0 Å². The molecule has 0 radical (unpaired) electrons. The maximum absolute atomic E-state index is 11.4. The molecule has 3 atom stereocenters. The van der Waals surface area contributed by atoms with Crippen molar-refractivity contribution in [3.63, 3.8) is 0 Å². The van der Waals surface area contributed by atoms with Crippen molar-refractivity contribution in [2.24, 2.45) is 23.7 Å². The Morgan fingerprint density at radius 1 is 1.25 bits per heavy atom. The number of fused-ring (bicyclic) bond motifs is 1. The second-order valence-electron chi connectivity index (χ2n) is 5.21. The van der Waals surface area contributed by atoms with Crippen molar-refractivity contribution < 1.29 is 9.53 Å². The standard InChI is InChI=1S/C14H20O2/c1-10(2)14(15)16-9-13-11-7-5-3-4-6-8-12(11)13/h10-13H,5-9H2,1-2H3/t11-,12+,13-. The number of rotatable bonds is 3. The fourth-order valence-electron chi connectivity index (χ4n) is 2.63. The molecule has 0 amide bonds. The third kappa shape index (κ3) is 2.58. The number of ether oxygens (including phenoxy) is 1. The molecule has 0 aromatic carbocycles. The Morgan fingerprint density at radius 3 is 2.31 bits per heavy atom. The van der Waals surface area contributed by atoms with Gasteiger partial charge >= 0.3 is 5.97 Å². The molecule has 0 aromatic heterocycles. The molecule has 2 aliphatic carbocycles. The molecule has 0 bridgehead atoms. The van der Waals surface area contributed by atoms with E-state index in [1.165, 1.54) is 12.8 Å². The van der Waals surface area contributed by atoms with Crippen LogP contribution in [0.1, 0.15) is 39.5 Å².